The molecule has 0 fully saturated rings. The summed E-state index contributed by atoms with van der Waals surface area (Å²) in [5.41, 5.74) is 13.3. The van der Waals surface area contributed by atoms with Gasteiger partial charge in [-0.2, -0.15) is 0 Å². The van der Waals surface area contributed by atoms with E-state index in [0.717, 1.165) is 48.3 Å². The Hall–Kier alpha value is -3.40. The van der Waals surface area contributed by atoms with Crippen LogP contribution in [0.5, 0.6) is 0 Å². The summed E-state index contributed by atoms with van der Waals surface area (Å²) in [5.74, 6) is 2.31. The van der Waals surface area contributed by atoms with Gasteiger partial charge in [-0.1, -0.05) is 106 Å². The second kappa shape index (κ2) is 14.3. The van der Waals surface area contributed by atoms with Gasteiger partial charge in [-0.05, 0) is 138 Å². The van der Waals surface area contributed by atoms with Gasteiger partial charge in [0.1, 0.15) is 5.58 Å². The Kier molecular flexibility index (Phi) is 10.8. The van der Waals surface area contributed by atoms with Gasteiger partial charge < -0.3 is 15.1 Å². The first kappa shape index (κ1) is 37.9. The minimum atomic E-state index is -0.0760. The summed E-state index contributed by atoms with van der Waals surface area (Å²) < 4.78 is 6.92. The van der Waals surface area contributed by atoms with Gasteiger partial charge in [0, 0.05) is 22.8 Å². The van der Waals surface area contributed by atoms with E-state index in [1.54, 1.807) is 5.57 Å². The zero-order valence-electron chi connectivity index (χ0n) is 33.7. The summed E-state index contributed by atoms with van der Waals surface area (Å²) in [7, 11) is 0. The molecule has 0 aliphatic heterocycles. The summed E-state index contributed by atoms with van der Waals surface area (Å²) in [6, 6.07) is 11.9. The Morgan fingerprint density at radius 3 is 2.20 bits per heavy atom. The van der Waals surface area contributed by atoms with Crippen LogP contribution in [0.25, 0.3) is 11.0 Å². The van der Waals surface area contributed by atoms with E-state index in [2.05, 4.69) is 167 Å². The monoisotopic (exact) mass is 673 g/mol. The third-order valence-electron chi connectivity index (χ3n) is 11.7. The molecule has 1 aromatic heterocycles. The zero-order chi connectivity index (χ0) is 36.6. The molecule has 2 N–H and O–H groups in total. The summed E-state index contributed by atoms with van der Waals surface area (Å²) >= 11 is 0. The van der Waals surface area contributed by atoms with Gasteiger partial charge in [0.2, 0.25) is 0 Å². The van der Waals surface area contributed by atoms with Gasteiger partial charge in [0.25, 0.3) is 6.71 Å². The molecule has 3 nitrogen and oxygen atoms in total. The lowest BCUT2D eigenvalue weighted by Gasteiger charge is -2.41. The van der Waals surface area contributed by atoms with Crippen LogP contribution in [0.2, 0.25) is 0 Å². The Balaban J connectivity index is 1.64. The highest BCUT2D eigenvalue weighted by molar-refractivity contribution is 6.90. The molecule has 2 aliphatic rings. The second-order valence-corrected chi connectivity index (χ2v) is 18.3. The van der Waals surface area contributed by atoms with E-state index in [-0.39, 0.29) is 34.4 Å². The maximum absolute atomic E-state index is 6.92. The van der Waals surface area contributed by atoms with Crippen molar-refractivity contribution < 1.29 is 4.42 Å². The quantitative estimate of drug-likeness (QED) is 0.199. The third kappa shape index (κ3) is 8.06. The van der Waals surface area contributed by atoms with Gasteiger partial charge in [0.15, 0.2) is 0 Å². The molecule has 1 heterocycles. The summed E-state index contributed by atoms with van der Waals surface area (Å²) in [6.07, 6.45) is 17.9. The lowest BCUT2D eigenvalue weighted by Crippen LogP contribution is -2.43. The van der Waals surface area contributed by atoms with E-state index in [1.807, 2.05) is 0 Å². The van der Waals surface area contributed by atoms with Gasteiger partial charge in [-0.25, -0.2) is 0 Å². The largest absolute Gasteiger partial charge is 0.470 e. The molecular weight excluding hydrogens is 607 g/mol. The van der Waals surface area contributed by atoms with Crippen molar-refractivity contribution in [3.8, 4) is 0 Å². The second-order valence-electron chi connectivity index (χ2n) is 18.3. The van der Waals surface area contributed by atoms with E-state index in [1.165, 1.54) is 46.0 Å². The number of hydrogen-bond donors (Lipinski definition) is 2. The first-order chi connectivity index (χ1) is 23.4. The minimum absolute atomic E-state index is 0.0760. The highest BCUT2D eigenvalue weighted by atomic mass is 16.3. The molecule has 1 unspecified atom stereocenters. The topological polar surface area (TPSA) is 37.2 Å². The first-order valence-corrected chi connectivity index (χ1v) is 19.3. The van der Waals surface area contributed by atoms with Crippen molar-refractivity contribution in [2.24, 2.45) is 10.8 Å². The average molecular weight is 673 g/mol. The Morgan fingerprint density at radius 2 is 1.58 bits per heavy atom. The molecule has 0 spiro atoms. The summed E-state index contributed by atoms with van der Waals surface area (Å²) in [6.45, 7) is 30.1. The van der Waals surface area contributed by atoms with Crippen molar-refractivity contribution in [1.29, 1.82) is 0 Å². The zero-order valence-corrected chi connectivity index (χ0v) is 33.7. The van der Waals surface area contributed by atoms with Crippen LogP contribution in [-0.2, 0) is 10.8 Å². The van der Waals surface area contributed by atoms with Crippen molar-refractivity contribution in [2.75, 3.05) is 10.6 Å². The fourth-order valence-electron chi connectivity index (χ4n) is 8.04. The maximum Gasteiger partial charge on any atom is 0.284 e. The van der Waals surface area contributed by atoms with Crippen molar-refractivity contribution in [2.45, 2.75) is 145 Å². The lowest BCUT2D eigenvalue weighted by atomic mass is 9.42. The van der Waals surface area contributed by atoms with Crippen LogP contribution in [0, 0.1) is 17.8 Å². The summed E-state index contributed by atoms with van der Waals surface area (Å²) in [4.78, 5) is 0. The molecule has 0 saturated carbocycles. The van der Waals surface area contributed by atoms with E-state index >= 15 is 0 Å². The molecule has 3 aromatic rings. The standard InChI is InChI=1S/C46H65BN2O/c1-14-23-47(41-28-33-27-36-37(30-40(33)50-41)46(12,13)22-21-45(36,10)11)42-38(48-24-17-20-43(5,6)7)25-31(4)26-39(42)49-34-19-18-32(15-2)35(29-34)44(8,9)16-3/h14,17-19,23-28,30,34,48-49H,15-16,20-22,29H2,1-13H3/b23-14+,24-17+. The predicted molar refractivity (Wildman–Crippen MR) is 222 cm³/mol. The molecule has 2 aromatic carbocycles. The Bertz CT molecular complexity index is 1770. The SMILES string of the molecule is C/C=C/B(c1cc2cc3c(cc2o1)C(C)(C)CCC3(C)C)c1c(N/C=C/CC(C)(C)C)cc(C)cc1NC1C=CC(CC)=C(C(C)(C)CC)C1. The number of benzene rings is 2. The van der Waals surface area contributed by atoms with Crippen molar-refractivity contribution in [3.63, 3.8) is 0 Å². The number of hydrogen-bond acceptors (Lipinski definition) is 3. The molecule has 0 amide bonds. The van der Waals surface area contributed by atoms with Crippen molar-refractivity contribution >= 4 is 40.2 Å². The van der Waals surface area contributed by atoms with Gasteiger partial charge >= 0.3 is 0 Å². The van der Waals surface area contributed by atoms with E-state index < -0.39 is 0 Å². The number of fused-ring (bicyclic) bond motifs is 2. The molecule has 4 heteroatoms. The van der Waals surface area contributed by atoms with Crippen LogP contribution in [0.4, 0.5) is 11.4 Å². The van der Waals surface area contributed by atoms with Crippen molar-refractivity contribution in [1.82, 2.24) is 0 Å². The molecule has 268 valence electrons. The van der Waals surface area contributed by atoms with E-state index in [9.17, 15) is 0 Å². The van der Waals surface area contributed by atoms with Gasteiger partial charge in [0.05, 0.1) is 5.66 Å². The minimum Gasteiger partial charge on any atom is -0.470 e. The van der Waals surface area contributed by atoms with Crippen LogP contribution < -0.4 is 21.8 Å². The molecule has 0 saturated heterocycles. The molecule has 2 aliphatic carbocycles. The Morgan fingerprint density at radius 1 is 0.920 bits per heavy atom. The molecule has 0 radical (unpaired) electrons. The number of aryl methyl sites for hydroxylation is 1. The average Bonchev–Trinajstić information content (AvgIpc) is 3.47. The fourth-order valence-corrected chi connectivity index (χ4v) is 8.04. The van der Waals surface area contributed by atoms with E-state index in [0.29, 0.717) is 0 Å². The molecule has 1 atom stereocenters. The first-order valence-electron chi connectivity index (χ1n) is 19.3. The number of furan rings is 1. The number of rotatable bonds is 11. The van der Waals surface area contributed by atoms with Gasteiger partial charge in [-0.3, -0.25) is 0 Å². The van der Waals surface area contributed by atoms with Crippen molar-refractivity contribution in [3.05, 3.63) is 94.6 Å². The normalized spacial score (nSPS) is 19.1. The Labute approximate surface area is 305 Å². The lowest BCUT2D eigenvalue weighted by molar-refractivity contribution is 0.332. The fraction of sp³-hybridized carbons (Fsp3) is 0.522. The maximum atomic E-state index is 6.92. The predicted octanol–water partition coefficient (Wildman–Crippen LogP) is 12.1. The van der Waals surface area contributed by atoms with Crippen LogP contribution in [0.15, 0.2) is 82.4 Å². The molecule has 5 rings (SSSR count). The third-order valence-corrected chi connectivity index (χ3v) is 11.7. The van der Waals surface area contributed by atoms with E-state index in [4.69, 9.17) is 4.42 Å². The van der Waals surface area contributed by atoms with Gasteiger partial charge in [-0.15, -0.1) is 5.98 Å². The van der Waals surface area contributed by atoms with Crippen LogP contribution in [0.1, 0.15) is 138 Å². The molecule has 0 bridgehead atoms. The number of anilines is 2. The smallest absolute Gasteiger partial charge is 0.284 e. The van der Waals surface area contributed by atoms with Crippen LogP contribution in [-0.4, -0.2) is 12.8 Å². The molecular formula is C46H65BN2O. The molecule has 50 heavy (non-hydrogen) atoms. The van der Waals surface area contributed by atoms with Crippen LogP contribution >= 0.6 is 0 Å². The number of allylic oxidation sites excluding steroid dienone is 4. The number of nitrogens with one attached hydrogen (secondary N) is 2. The highest BCUT2D eigenvalue weighted by Gasteiger charge is 2.38. The highest BCUT2D eigenvalue weighted by Crippen LogP contribution is 2.47. The summed E-state index contributed by atoms with van der Waals surface area (Å²) in [5, 5.41) is 9.01. The van der Waals surface area contributed by atoms with Crippen LogP contribution in [0.3, 0.4) is 0 Å².